The number of ether oxygens (including phenoxy) is 2. The van der Waals surface area contributed by atoms with E-state index in [0.717, 1.165) is 22.9 Å². The molecular weight excluding hydrogens is 688 g/mol. The van der Waals surface area contributed by atoms with Crippen molar-refractivity contribution in [1.82, 2.24) is 30.0 Å². The molecule has 14 nitrogen and oxygen atoms in total. The number of fused-ring (bicyclic) bond motifs is 1. The van der Waals surface area contributed by atoms with Crippen molar-refractivity contribution in [1.29, 1.82) is 0 Å². The molecule has 0 bridgehead atoms. The maximum atomic E-state index is 13.6. The number of carbonyl (C=O) groups is 5. The lowest BCUT2D eigenvalue weighted by Crippen LogP contribution is -2.56. The number of aromatic nitrogens is 2. The van der Waals surface area contributed by atoms with Crippen LogP contribution in [0.15, 0.2) is 53.3 Å². The van der Waals surface area contributed by atoms with Crippen LogP contribution in [0.2, 0.25) is 0 Å². The van der Waals surface area contributed by atoms with Crippen molar-refractivity contribution >= 4 is 56.6 Å². The molecule has 5 rings (SSSR count). The van der Waals surface area contributed by atoms with Gasteiger partial charge in [0.1, 0.15) is 17.5 Å². The quantitative estimate of drug-likeness (QED) is 0.299. The van der Waals surface area contributed by atoms with Gasteiger partial charge in [0.25, 0.3) is 11.8 Å². The van der Waals surface area contributed by atoms with Gasteiger partial charge in [-0.3, -0.25) is 24.2 Å². The van der Waals surface area contributed by atoms with Crippen molar-refractivity contribution in [3.05, 3.63) is 64.5 Å². The summed E-state index contributed by atoms with van der Waals surface area (Å²) in [5.41, 5.74) is 1.31. The second-order valence-corrected chi connectivity index (χ2v) is 12.4. The number of benzene rings is 1. The minimum absolute atomic E-state index is 0.0596. The summed E-state index contributed by atoms with van der Waals surface area (Å²) in [6.07, 6.45) is 4.12. The Morgan fingerprint density at radius 3 is 2.52 bits per heavy atom. The number of aliphatic carboxylic acids is 1. The zero-order valence-corrected chi connectivity index (χ0v) is 28.1. The summed E-state index contributed by atoms with van der Waals surface area (Å²) in [6, 6.07) is 9.10. The Labute approximate surface area is 285 Å². The number of para-hydroxylation sites is 1. The summed E-state index contributed by atoms with van der Waals surface area (Å²) in [5, 5.41) is 12.6. The molecule has 0 radical (unpaired) electrons. The fourth-order valence-corrected chi connectivity index (χ4v) is 6.31. The summed E-state index contributed by atoms with van der Waals surface area (Å²) >= 11 is 3.44. The molecule has 2 aliphatic heterocycles. The van der Waals surface area contributed by atoms with E-state index in [1.165, 1.54) is 15.9 Å². The largest absolute Gasteiger partial charge is 0.483 e. The highest BCUT2D eigenvalue weighted by molar-refractivity contribution is 9.10. The number of nitrogens with zero attached hydrogens (tertiary/aromatic N) is 5. The number of halogens is 1. The van der Waals surface area contributed by atoms with Gasteiger partial charge in [0, 0.05) is 67.5 Å². The van der Waals surface area contributed by atoms with Gasteiger partial charge >= 0.3 is 12.1 Å². The van der Waals surface area contributed by atoms with E-state index in [2.05, 4.69) is 31.2 Å². The van der Waals surface area contributed by atoms with E-state index >= 15 is 0 Å². The number of pyridine rings is 2. The minimum Gasteiger partial charge on any atom is -0.483 e. The van der Waals surface area contributed by atoms with Crippen LogP contribution in [0.5, 0.6) is 5.75 Å². The van der Waals surface area contributed by atoms with Crippen LogP contribution in [0.4, 0.5) is 4.79 Å². The van der Waals surface area contributed by atoms with Crippen LogP contribution in [0, 0.1) is 0 Å². The Morgan fingerprint density at radius 2 is 1.79 bits per heavy atom. The predicted octanol–water partition coefficient (Wildman–Crippen LogP) is 3.40. The molecule has 2 aliphatic rings. The fraction of sp³-hybridized carbons (Fsp3) is 0.424. The standard InChI is InChI=1S/C33H37BrN6O8/c1-2-47-33(46)39-14-12-38(13-15-39)32(45)25(9-10-30(42)43)37-31(44)26-17-28(23-6-3-4-7-24(23)36-26)48-20-29(41)40-11-5-8-27(40)21-16-22(34)19-35-18-21/h3-4,6-7,16-19,25,27H,2,5,8-15,20H2,1H3,(H,37,44)(H,42,43)/t25?,27-/m0/s1. The Morgan fingerprint density at radius 1 is 1.04 bits per heavy atom. The number of carboxylic acid groups (broad SMARTS) is 1. The number of rotatable bonds is 11. The number of carboxylic acids is 1. The third-order valence-corrected chi connectivity index (χ3v) is 8.75. The van der Waals surface area contributed by atoms with Crippen LogP contribution in [-0.4, -0.2) is 112 Å². The van der Waals surface area contributed by atoms with E-state index in [-0.39, 0.29) is 75.6 Å². The maximum absolute atomic E-state index is 13.6. The van der Waals surface area contributed by atoms with E-state index in [9.17, 15) is 29.1 Å². The van der Waals surface area contributed by atoms with Crippen LogP contribution in [0.1, 0.15) is 54.7 Å². The van der Waals surface area contributed by atoms with E-state index in [0.29, 0.717) is 17.4 Å². The number of piperazine rings is 1. The molecule has 3 aromatic rings. The van der Waals surface area contributed by atoms with E-state index in [4.69, 9.17) is 9.47 Å². The highest BCUT2D eigenvalue weighted by Gasteiger charge is 2.32. The first kappa shape index (κ1) is 34.5. The molecule has 2 atom stereocenters. The number of amides is 4. The summed E-state index contributed by atoms with van der Waals surface area (Å²) in [7, 11) is 0. The first-order valence-electron chi connectivity index (χ1n) is 15.8. The molecule has 2 saturated heterocycles. The molecule has 4 amide bonds. The Kier molecular flexibility index (Phi) is 11.4. The van der Waals surface area contributed by atoms with Crippen molar-refractivity contribution < 1.29 is 38.6 Å². The Bertz CT molecular complexity index is 1680. The van der Waals surface area contributed by atoms with Crippen LogP contribution in [0.25, 0.3) is 10.9 Å². The van der Waals surface area contributed by atoms with E-state index in [1.807, 2.05) is 6.07 Å². The highest BCUT2D eigenvalue weighted by Crippen LogP contribution is 2.33. The van der Waals surface area contributed by atoms with E-state index < -0.39 is 29.9 Å². The number of hydrogen-bond acceptors (Lipinski definition) is 9. The number of nitrogens with one attached hydrogen (secondary N) is 1. The average Bonchev–Trinajstić information content (AvgIpc) is 3.59. The highest BCUT2D eigenvalue weighted by atomic mass is 79.9. The maximum Gasteiger partial charge on any atom is 0.409 e. The molecule has 0 saturated carbocycles. The molecule has 2 aromatic heterocycles. The lowest BCUT2D eigenvalue weighted by atomic mass is 10.1. The molecule has 2 fully saturated rings. The topological polar surface area (TPSA) is 172 Å². The van der Waals surface area contributed by atoms with Crippen LogP contribution < -0.4 is 10.1 Å². The lowest BCUT2D eigenvalue weighted by molar-refractivity contribution is -0.138. The van der Waals surface area contributed by atoms with Gasteiger partial charge in [-0.25, -0.2) is 9.78 Å². The second-order valence-electron chi connectivity index (χ2n) is 11.5. The van der Waals surface area contributed by atoms with Gasteiger partial charge in [-0.1, -0.05) is 12.1 Å². The zero-order chi connectivity index (χ0) is 34.2. The van der Waals surface area contributed by atoms with Gasteiger partial charge in [0.05, 0.1) is 18.2 Å². The van der Waals surface area contributed by atoms with Gasteiger partial charge < -0.3 is 34.6 Å². The lowest BCUT2D eigenvalue weighted by Gasteiger charge is -2.35. The Balaban J connectivity index is 1.30. The SMILES string of the molecule is CCOC(=O)N1CCN(C(=O)C(CCC(=O)O)NC(=O)c2cc(OCC(=O)N3CCC[C@H]3c3cncc(Br)c3)c3ccccc3n2)CC1. The summed E-state index contributed by atoms with van der Waals surface area (Å²) in [6.45, 7) is 3.14. The van der Waals surface area contributed by atoms with Gasteiger partial charge in [0.15, 0.2) is 6.61 Å². The van der Waals surface area contributed by atoms with Crippen molar-refractivity contribution in [3.8, 4) is 5.75 Å². The average molecular weight is 726 g/mol. The van der Waals surface area contributed by atoms with Gasteiger partial charge in [-0.15, -0.1) is 0 Å². The number of carbonyl (C=O) groups excluding carboxylic acids is 4. The molecule has 1 unspecified atom stereocenters. The summed E-state index contributed by atoms with van der Waals surface area (Å²) in [5.74, 6) is -2.23. The molecule has 1 aromatic carbocycles. The molecule has 0 aliphatic carbocycles. The molecule has 4 heterocycles. The van der Waals surface area contributed by atoms with Gasteiger partial charge in [-0.2, -0.15) is 0 Å². The first-order chi connectivity index (χ1) is 23.1. The molecular formula is C33H37BrN6O8. The molecule has 0 spiro atoms. The normalized spacial score (nSPS) is 16.8. The van der Waals surface area contributed by atoms with E-state index in [1.54, 1.807) is 48.5 Å². The van der Waals surface area contributed by atoms with Crippen LogP contribution >= 0.6 is 15.9 Å². The van der Waals surface area contributed by atoms with Crippen molar-refractivity contribution in [3.63, 3.8) is 0 Å². The smallest absolute Gasteiger partial charge is 0.409 e. The van der Waals surface area contributed by atoms with Gasteiger partial charge in [-0.05, 0) is 65.9 Å². The van der Waals surface area contributed by atoms with Crippen molar-refractivity contribution in [2.75, 3.05) is 45.9 Å². The Hall–Kier alpha value is -4.79. The number of likely N-dealkylation sites (tertiary alicyclic amines) is 1. The van der Waals surface area contributed by atoms with Crippen molar-refractivity contribution in [2.24, 2.45) is 0 Å². The molecule has 15 heteroatoms. The fourth-order valence-electron chi connectivity index (χ4n) is 5.93. The summed E-state index contributed by atoms with van der Waals surface area (Å²) < 4.78 is 11.9. The molecule has 2 N–H and O–H groups in total. The van der Waals surface area contributed by atoms with Crippen LogP contribution in [0.3, 0.4) is 0 Å². The first-order valence-corrected chi connectivity index (χ1v) is 16.6. The third kappa shape index (κ3) is 8.37. The third-order valence-electron chi connectivity index (χ3n) is 8.31. The van der Waals surface area contributed by atoms with Crippen molar-refractivity contribution in [2.45, 2.75) is 44.7 Å². The monoisotopic (exact) mass is 724 g/mol. The van der Waals surface area contributed by atoms with Crippen LogP contribution in [-0.2, 0) is 19.1 Å². The predicted molar refractivity (Wildman–Crippen MR) is 176 cm³/mol. The zero-order valence-electron chi connectivity index (χ0n) is 26.5. The minimum atomic E-state index is -1.15. The number of hydrogen-bond donors (Lipinski definition) is 2. The molecule has 48 heavy (non-hydrogen) atoms. The second kappa shape index (κ2) is 15.9. The molecule has 254 valence electrons. The summed E-state index contributed by atoms with van der Waals surface area (Å²) in [4.78, 5) is 77.4. The van der Waals surface area contributed by atoms with Gasteiger partial charge in [0.2, 0.25) is 5.91 Å².